The Labute approximate surface area is 250 Å². The first-order valence-electron chi connectivity index (χ1n) is 13.2. The Bertz CT molecular complexity index is 1400. The van der Waals surface area contributed by atoms with E-state index in [1.807, 2.05) is 12.1 Å². The second-order valence-electron chi connectivity index (χ2n) is 10.0. The van der Waals surface area contributed by atoms with E-state index in [-0.39, 0.29) is 16.8 Å². The number of nitrogens with zero attached hydrogens (tertiary/aromatic N) is 3. The highest BCUT2D eigenvalue weighted by atomic mass is 79.9. The van der Waals surface area contributed by atoms with E-state index in [9.17, 15) is 18.8 Å². The topological polar surface area (TPSA) is 73.0 Å². The summed E-state index contributed by atoms with van der Waals surface area (Å²) in [5.74, 6) is -2.03. The fraction of sp³-hybridized carbons (Fsp3) is 0.345. The molecule has 3 aromatic rings. The standard InChI is InChI=1S/C29H29BrClFN4O3S/c30-21-3-1-2-20(16-21)26-7-5-23(40-26)18-34-12-14-36(15-13-34)29(39)28(38)35-10-8-19(9-11-35)27(37)33-22-4-6-25(32)24(31)17-22/h1-7,16-17,19H,8-15,18H2,(H,33,37). The maximum absolute atomic E-state index is 13.4. The molecule has 0 saturated carbocycles. The van der Waals surface area contributed by atoms with Crippen molar-refractivity contribution in [1.82, 2.24) is 14.7 Å². The molecule has 1 aromatic heterocycles. The number of thiophene rings is 1. The van der Waals surface area contributed by atoms with Crippen LogP contribution in [0.5, 0.6) is 0 Å². The average molecular weight is 648 g/mol. The summed E-state index contributed by atoms with van der Waals surface area (Å²) in [4.78, 5) is 46.5. The lowest BCUT2D eigenvalue weighted by Gasteiger charge is -2.36. The van der Waals surface area contributed by atoms with E-state index in [2.05, 4.69) is 50.4 Å². The van der Waals surface area contributed by atoms with Crippen molar-refractivity contribution in [2.24, 2.45) is 5.92 Å². The summed E-state index contributed by atoms with van der Waals surface area (Å²) in [6.07, 6.45) is 0.909. The van der Waals surface area contributed by atoms with Gasteiger partial charge in [-0.1, -0.05) is 39.7 Å². The summed E-state index contributed by atoms with van der Waals surface area (Å²) >= 11 is 11.1. The predicted molar refractivity (Wildman–Crippen MR) is 159 cm³/mol. The van der Waals surface area contributed by atoms with Crippen molar-refractivity contribution in [3.05, 3.63) is 74.8 Å². The molecule has 5 rings (SSSR count). The number of piperidine rings is 1. The third-order valence-corrected chi connectivity index (χ3v) is 9.23. The van der Waals surface area contributed by atoms with Gasteiger partial charge in [0.1, 0.15) is 5.82 Å². The molecule has 3 heterocycles. The molecule has 2 aliphatic rings. The highest BCUT2D eigenvalue weighted by molar-refractivity contribution is 9.10. The van der Waals surface area contributed by atoms with Crippen molar-refractivity contribution >= 4 is 62.3 Å². The second kappa shape index (κ2) is 12.8. The Morgan fingerprint density at radius 3 is 2.30 bits per heavy atom. The first-order chi connectivity index (χ1) is 19.3. The van der Waals surface area contributed by atoms with E-state index >= 15 is 0 Å². The van der Waals surface area contributed by atoms with Gasteiger partial charge in [0.2, 0.25) is 5.91 Å². The number of amides is 3. The first kappa shape index (κ1) is 28.7. The molecule has 7 nitrogen and oxygen atoms in total. The van der Waals surface area contributed by atoms with Gasteiger partial charge in [-0.2, -0.15) is 0 Å². The Balaban J connectivity index is 1.06. The smallest absolute Gasteiger partial charge is 0.312 e. The third-order valence-electron chi connectivity index (χ3n) is 7.33. The van der Waals surface area contributed by atoms with Gasteiger partial charge in [0, 0.05) is 71.6 Å². The van der Waals surface area contributed by atoms with Crippen LogP contribution >= 0.6 is 38.9 Å². The Hall–Kier alpha value is -2.79. The van der Waals surface area contributed by atoms with E-state index in [0.717, 1.165) is 11.0 Å². The minimum absolute atomic E-state index is 0.0604. The fourth-order valence-corrected chi connectivity index (χ4v) is 6.65. The fourth-order valence-electron chi connectivity index (χ4n) is 5.02. The number of likely N-dealkylation sites (tertiary alicyclic amines) is 1. The molecule has 1 N–H and O–H groups in total. The SMILES string of the molecule is O=C(Nc1ccc(F)c(Cl)c1)C1CCN(C(=O)C(=O)N2CCN(Cc3ccc(-c4cccc(Br)c4)s3)CC2)CC1. The zero-order valence-corrected chi connectivity index (χ0v) is 24.9. The van der Waals surface area contributed by atoms with Crippen LogP contribution in [-0.2, 0) is 20.9 Å². The summed E-state index contributed by atoms with van der Waals surface area (Å²) in [5, 5.41) is 2.70. The van der Waals surface area contributed by atoms with Gasteiger partial charge < -0.3 is 15.1 Å². The van der Waals surface area contributed by atoms with E-state index < -0.39 is 17.6 Å². The van der Waals surface area contributed by atoms with Crippen LogP contribution in [0.15, 0.2) is 59.1 Å². The number of hydrogen-bond acceptors (Lipinski definition) is 5. The summed E-state index contributed by atoms with van der Waals surface area (Å²) in [7, 11) is 0. The minimum Gasteiger partial charge on any atom is -0.334 e. The van der Waals surface area contributed by atoms with Gasteiger partial charge in [-0.05, 0) is 60.9 Å². The second-order valence-corrected chi connectivity index (χ2v) is 12.5. The molecule has 11 heteroatoms. The molecule has 2 fully saturated rings. The number of piperazine rings is 1. The molecule has 0 radical (unpaired) electrons. The van der Waals surface area contributed by atoms with Crippen molar-refractivity contribution in [3.8, 4) is 10.4 Å². The van der Waals surface area contributed by atoms with E-state index in [4.69, 9.17) is 11.6 Å². The molecule has 2 aromatic carbocycles. The number of nitrogens with one attached hydrogen (secondary N) is 1. The van der Waals surface area contributed by atoms with Crippen LogP contribution in [0.25, 0.3) is 10.4 Å². The van der Waals surface area contributed by atoms with Gasteiger partial charge >= 0.3 is 11.8 Å². The molecule has 2 saturated heterocycles. The molecule has 0 spiro atoms. The zero-order valence-electron chi connectivity index (χ0n) is 21.7. The van der Waals surface area contributed by atoms with Gasteiger partial charge in [-0.15, -0.1) is 11.3 Å². The highest BCUT2D eigenvalue weighted by Crippen LogP contribution is 2.31. The Kier molecular flexibility index (Phi) is 9.20. The number of halogens is 3. The number of anilines is 1. The normalized spacial score (nSPS) is 16.7. The van der Waals surface area contributed by atoms with Crippen LogP contribution < -0.4 is 5.32 Å². The summed E-state index contributed by atoms with van der Waals surface area (Å²) in [5.41, 5.74) is 1.61. The van der Waals surface area contributed by atoms with Gasteiger partial charge in [-0.25, -0.2) is 4.39 Å². The number of rotatable bonds is 5. The van der Waals surface area contributed by atoms with Crippen LogP contribution in [0.2, 0.25) is 5.02 Å². The lowest BCUT2D eigenvalue weighted by Crippen LogP contribution is -2.54. The summed E-state index contributed by atoms with van der Waals surface area (Å²) < 4.78 is 14.4. The first-order valence-corrected chi connectivity index (χ1v) is 15.2. The molecular weight excluding hydrogens is 619 g/mol. The van der Waals surface area contributed by atoms with Crippen molar-refractivity contribution in [1.29, 1.82) is 0 Å². The van der Waals surface area contributed by atoms with Crippen LogP contribution in [0.1, 0.15) is 17.7 Å². The maximum Gasteiger partial charge on any atom is 0.312 e. The molecule has 2 aliphatic heterocycles. The van der Waals surface area contributed by atoms with E-state index in [1.54, 1.807) is 21.1 Å². The van der Waals surface area contributed by atoms with Gasteiger partial charge in [0.25, 0.3) is 0 Å². The van der Waals surface area contributed by atoms with Crippen LogP contribution in [0, 0.1) is 11.7 Å². The van der Waals surface area contributed by atoms with Gasteiger partial charge in [0.15, 0.2) is 0 Å². The number of carbonyl (C=O) groups excluding carboxylic acids is 3. The highest BCUT2D eigenvalue weighted by Gasteiger charge is 2.33. The van der Waals surface area contributed by atoms with Crippen LogP contribution in [0.4, 0.5) is 10.1 Å². The molecule has 0 atom stereocenters. The molecular formula is C29H29BrClFN4O3S. The monoisotopic (exact) mass is 646 g/mol. The van der Waals surface area contributed by atoms with E-state index in [1.165, 1.54) is 33.5 Å². The van der Waals surface area contributed by atoms with Gasteiger partial charge in [0.05, 0.1) is 5.02 Å². The molecule has 0 unspecified atom stereocenters. The van der Waals surface area contributed by atoms with Crippen molar-refractivity contribution in [2.45, 2.75) is 19.4 Å². The molecule has 210 valence electrons. The Morgan fingerprint density at radius 2 is 1.62 bits per heavy atom. The largest absolute Gasteiger partial charge is 0.334 e. The van der Waals surface area contributed by atoms with E-state index in [0.29, 0.717) is 57.8 Å². The number of carbonyl (C=O) groups is 3. The quantitative estimate of drug-likeness (QED) is 0.372. The molecule has 40 heavy (non-hydrogen) atoms. The maximum atomic E-state index is 13.4. The van der Waals surface area contributed by atoms with Crippen molar-refractivity contribution in [3.63, 3.8) is 0 Å². The van der Waals surface area contributed by atoms with Crippen molar-refractivity contribution < 1.29 is 18.8 Å². The lowest BCUT2D eigenvalue weighted by molar-refractivity contribution is -0.153. The number of hydrogen-bond donors (Lipinski definition) is 1. The van der Waals surface area contributed by atoms with Crippen LogP contribution in [0.3, 0.4) is 0 Å². The number of benzene rings is 2. The van der Waals surface area contributed by atoms with Gasteiger partial charge in [-0.3, -0.25) is 19.3 Å². The lowest BCUT2D eigenvalue weighted by atomic mass is 9.95. The third kappa shape index (κ3) is 6.91. The molecule has 3 amide bonds. The zero-order chi connectivity index (χ0) is 28.2. The average Bonchev–Trinajstić information content (AvgIpc) is 3.43. The summed E-state index contributed by atoms with van der Waals surface area (Å²) in [6, 6.07) is 16.6. The predicted octanol–water partition coefficient (Wildman–Crippen LogP) is 5.49. The summed E-state index contributed by atoms with van der Waals surface area (Å²) in [6.45, 7) is 3.92. The molecule has 0 aliphatic carbocycles. The van der Waals surface area contributed by atoms with Crippen LogP contribution in [-0.4, -0.2) is 71.7 Å². The molecule has 0 bridgehead atoms. The minimum atomic E-state index is -0.550. The van der Waals surface area contributed by atoms with Crippen molar-refractivity contribution in [2.75, 3.05) is 44.6 Å². The Morgan fingerprint density at radius 1 is 0.925 bits per heavy atom.